The molecule has 0 fully saturated rings. The molecule has 0 aliphatic rings. The van der Waals surface area contributed by atoms with Crippen molar-refractivity contribution in [1.29, 1.82) is 0 Å². The van der Waals surface area contributed by atoms with Crippen LogP contribution in [0.15, 0.2) is 36.4 Å². The van der Waals surface area contributed by atoms with Gasteiger partial charge in [-0.05, 0) is 57.0 Å². The Kier molecular flexibility index (Phi) is 10.3. The highest BCUT2D eigenvalue weighted by Gasteiger charge is 2.18. The first-order chi connectivity index (χ1) is 16.5. The van der Waals surface area contributed by atoms with Crippen molar-refractivity contribution in [3.8, 4) is 11.5 Å². The zero-order valence-corrected chi connectivity index (χ0v) is 21.0. The van der Waals surface area contributed by atoms with Gasteiger partial charge in [-0.3, -0.25) is 4.79 Å². The summed E-state index contributed by atoms with van der Waals surface area (Å²) in [7, 11) is 1.48. The monoisotopic (exact) mass is 492 g/mol. The molecule has 0 atom stereocenters. The van der Waals surface area contributed by atoms with E-state index in [1.807, 2.05) is 6.92 Å². The highest BCUT2D eigenvalue weighted by atomic mass is 19.1. The van der Waals surface area contributed by atoms with Crippen LogP contribution in [0.4, 0.5) is 13.6 Å². The standard InChI is InChI=1S/C26H34F2N2O5/c1-6-7-24(31)30(13-12-29-25(32)35-26(2,3)4)16-18-8-11-22(23(14-18)33-5)34-17-19-9-10-20(27)15-21(19)28/h8-11,14-15H,6-7,12-13,16-17H2,1-5H3,(H,29,32). The van der Waals surface area contributed by atoms with E-state index in [-0.39, 0.29) is 24.6 Å². The Hall–Kier alpha value is -3.36. The average Bonchev–Trinajstić information content (AvgIpc) is 2.77. The van der Waals surface area contributed by atoms with Crippen molar-refractivity contribution < 1.29 is 32.6 Å². The van der Waals surface area contributed by atoms with E-state index in [4.69, 9.17) is 14.2 Å². The molecule has 0 aliphatic heterocycles. The highest BCUT2D eigenvalue weighted by Crippen LogP contribution is 2.29. The minimum absolute atomic E-state index is 0.0374. The van der Waals surface area contributed by atoms with Gasteiger partial charge in [-0.1, -0.05) is 13.0 Å². The minimum atomic E-state index is -0.689. The first-order valence-electron chi connectivity index (χ1n) is 11.5. The van der Waals surface area contributed by atoms with Gasteiger partial charge in [0.15, 0.2) is 11.5 Å². The Bertz CT molecular complexity index is 1010. The third kappa shape index (κ3) is 9.42. The number of benzene rings is 2. The number of nitrogens with zero attached hydrogens (tertiary/aromatic N) is 1. The summed E-state index contributed by atoms with van der Waals surface area (Å²) in [6.45, 7) is 8.02. The fourth-order valence-corrected chi connectivity index (χ4v) is 3.22. The Morgan fingerprint density at radius 1 is 1.06 bits per heavy atom. The molecule has 35 heavy (non-hydrogen) atoms. The molecule has 0 radical (unpaired) electrons. The molecule has 0 saturated heterocycles. The van der Waals surface area contributed by atoms with Crippen molar-refractivity contribution in [1.82, 2.24) is 10.2 Å². The molecule has 0 heterocycles. The molecule has 192 valence electrons. The summed E-state index contributed by atoms with van der Waals surface area (Å²) in [6, 6.07) is 8.50. The first-order valence-corrected chi connectivity index (χ1v) is 11.5. The Morgan fingerprint density at radius 2 is 1.80 bits per heavy atom. The first kappa shape index (κ1) is 27.9. The van der Waals surface area contributed by atoms with Crippen LogP contribution in [0.2, 0.25) is 0 Å². The van der Waals surface area contributed by atoms with Gasteiger partial charge in [-0.2, -0.15) is 0 Å². The largest absolute Gasteiger partial charge is 0.493 e. The van der Waals surface area contributed by atoms with E-state index in [1.165, 1.54) is 19.2 Å². The molecule has 0 aromatic heterocycles. The topological polar surface area (TPSA) is 77.1 Å². The summed E-state index contributed by atoms with van der Waals surface area (Å²) < 4.78 is 43.3. The van der Waals surface area contributed by atoms with E-state index < -0.39 is 23.3 Å². The molecular weight excluding hydrogens is 458 g/mol. The van der Waals surface area contributed by atoms with Crippen LogP contribution in [0.1, 0.15) is 51.7 Å². The molecule has 0 spiro atoms. The van der Waals surface area contributed by atoms with Crippen LogP contribution in [-0.4, -0.2) is 42.7 Å². The maximum absolute atomic E-state index is 13.9. The summed E-state index contributed by atoms with van der Waals surface area (Å²) in [4.78, 5) is 26.2. The zero-order valence-electron chi connectivity index (χ0n) is 21.0. The summed E-state index contributed by atoms with van der Waals surface area (Å²) in [6.07, 6.45) is 0.542. The Labute approximate surface area is 205 Å². The van der Waals surface area contributed by atoms with Gasteiger partial charge >= 0.3 is 6.09 Å². The van der Waals surface area contributed by atoms with E-state index in [0.717, 1.165) is 11.6 Å². The lowest BCUT2D eigenvalue weighted by molar-refractivity contribution is -0.131. The quantitative estimate of drug-likeness (QED) is 0.466. The molecule has 2 rings (SSSR count). The lowest BCUT2D eigenvalue weighted by Gasteiger charge is -2.24. The molecule has 0 unspecified atom stereocenters. The van der Waals surface area contributed by atoms with Gasteiger partial charge in [0.25, 0.3) is 0 Å². The van der Waals surface area contributed by atoms with Crippen molar-refractivity contribution in [2.45, 2.75) is 59.3 Å². The molecule has 7 nitrogen and oxygen atoms in total. The number of amides is 2. The molecule has 1 N–H and O–H groups in total. The normalized spacial score (nSPS) is 11.1. The number of carbonyl (C=O) groups excluding carboxylic acids is 2. The molecule has 0 saturated carbocycles. The maximum atomic E-state index is 13.9. The lowest BCUT2D eigenvalue weighted by atomic mass is 10.1. The number of rotatable bonds is 11. The Morgan fingerprint density at radius 3 is 2.43 bits per heavy atom. The van der Waals surface area contributed by atoms with Crippen molar-refractivity contribution >= 4 is 12.0 Å². The fourth-order valence-electron chi connectivity index (χ4n) is 3.22. The second-order valence-electron chi connectivity index (χ2n) is 9.00. The third-order valence-electron chi connectivity index (χ3n) is 4.87. The van der Waals surface area contributed by atoms with E-state index in [9.17, 15) is 18.4 Å². The fraction of sp³-hybridized carbons (Fsp3) is 0.462. The number of hydrogen-bond acceptors (Lipinski definition) is 5. The van der Waals surface area contributed by atoms with E-state index >= 15 is 0 Å². The summed E-state index contributed by atoms with van der Waals surface area (Å²) in [5, 5.41) is 2.67. The van der Waals surface area contributed by atoms with Crippen molar-refractivity contribution in [2.75, 3.05) is 20.2 Å². The molecule has 0 bridgehead atoms. The lowest BCUT2D eigenvalue weighted by Crippen LogP contribution is -2.40. The van der Waals surface area contributed by atoms with Crippen LogP contribution in [0.5, 0.6) is 11.5 Å². The second kappa shape index (κ2) is 12.9. The maximum Gasteiger partial charge on any atom is 0.407 e. The van der Waals surface area contributed by atoms with Gasteiger partial charge in [-0.25, -0.2) is 13.6 Å². The van der Waals surface area contributed by atoms with E-state index in [1.54, 1.807) is 43.9 Å². The highest BCUT2D eigenvalue weighted by molar-refractivity contribution is 5.76. The van der Waals surface area contributed by atoms with Crippen LogP contribution in [-0.2, 0) is 22.7 Å². The predicted molar refractivity (Wildman–Crippen MR) is 128 cm³/mol. The van der Waals surface area contributed by atoms with Crippen LogP contribution in [0.25, 0.3) is 0 Å². The van der Waals surface area contributed by atoms with Gasteiger partial charge in [0.1, 0.15) is 23.8 Å². The Balaban J connectivity index is 2.05. The number of carbonyl (C=O) groups is 2. The number of alkyl carbamates (subject to hydrolysis) is 1. The predicted octanol–water partition coefficient (Wildman–Crippen LogP) is 5.21. The van der Waals surface area contributed by atoms with Crippen LogP contribution < -0.4 is 14.8 Å². The number of methoxy groups -OCH3 is 1. The summed E-state index contributed by atoms with van der Waals surface area (Å²) in [5.74, 6) is -0.579. The molecular formula is C26H34F2N2O5. The van der Waals surface area contributed by atoms with Gasteiger partial charge in [0.05, 0.1) is 7.11 Å². The smallest absolute Gasteiger partial charge is 0.407 e. The van der Waals surface area contributed by atoms with Gasteiger partial charge in [0, 0.05) is 37.7 Å². The van der Waals surface area contributed by atoms with E-state index in [0.29, 0.717) is 37.4 Å². The van der Waals surface area contributed by atoms with Gasteiger partial charge in [-0.15, -0.1) is 0 Å². The van der Waals surface area contributed by atoms with Crippen LogP contribution in [0, 0.1) is 11.6 Å². The van der Waals surface area contributed by atoms with Crippen LogP contribution >= 0.6 is 0 Å². The molecule has 2 aromatic rings. The van der Waals surface area contributed by atoms with Crippen molar-refractivity contribution in [3.05, 3.63) is 59.2 Å². The molecule has 2 amide bonds. The van der Waals surface area contributed by atoms with E-state index in [2.05, 4.69) is 5.32 Å². The molecule has 0 aliphatic carbocycles. The van der Waals surface area contributed by atoms with Crippen molar-refractivity contribution in [3.63, 3.8) is 0 Å². The van der Waals surface area contributed by atoms with Crippen molar-refractivity contribution in [2.24, 2.45) is 0 Å². The number of halogens is 2. The minimum Gasteiger partial charge on any atom is -0.493 e. The van der Waals surface area contributed by atoms with Gasteiger partial charge < -0.3 is 24.4 Å². The number of nitrogens with one attached hydrogen (secondary N) is 1. The molecule has 2 aromatic carbocycles. The van der Waals surface area contributed by atoms with Gasteiger partial charge in [0.2, 0.25) is 5.91 Å². The SMILES string of the molecule is CCCC(=O)N(CCNC(=O)OC(C)(C)C)Cc1ccc(OCc2ccc(F)cc2F)c(OC)c1. The molecule has 9 heteroatoms. The average molecular weight is 493 g/mol. The number of ether oxygens (including phenoxy) is 3. The summed E-state index contributed by atoms with van der Waals surface area (Å²) >= 11 is 0. The second-order valence-corrected chi connectivity index (χ2v) is 9.00. The zero-order chi connectivity index (χ0) is 26.0. The van der Waals surface area contributed by atoms with Crippen LogP contribution in [0.3, 0.4) is 0 Å². The summed E-state index contributed by atoms with van der Waals surface area (Å²) in [5.41, 5.74) is 0.403. The number of hydrogen-bond donors (Lipinski definition) is 1. The third-order valence-corrected chi connectivity index (χ3v) is 4.87.